The second-order valence-corrected chi connectivity index (χ2v) is 8.78. The topological polar surface area (TPSA) is 27.7 Å². The molecule has 0 saturated carbocycles. The Hall–Kier alpha value is -2.00. The van der Waals surface area contributed by atoms with Crippen molar-refractivity contribution in [3.63, 3.8) is 0 Å². The smallest absolute Gasteiger partial charge is 0.119 e. The van der Waals surface area contributed by atoms with Crippen LogP contribution in [0.5, 0.6) is 11.5 Å². The molecule has 2 aromatic rings. The number of aryl methyl sites for hydroxylation is 2. The molecule has 0 saturated heterocycles. The van der Waals surface area contributed by atoms with Crippen molar-refractivity contribution in [1.82, 2.24) is 0 Å². The van der Waals surface area contributed by atoms with Crippen molar-refractivity contribution in [2.45, 2.75) is 78.4 Å². The van der Waals surface area contributed by atoms with Crippen LogP contribution in [0.1, 0.15) is 65.5 Å². The van der Waals surface area contributed by atoms with Crippen LogP contribution in [0.2, 0.25) is 0 Å². The highest BCUT2D eigenvalue weighted by Gasteiger charge is 2.28. The molecule has 0 aromatic heterocycles. The number of hydrogen-bond acceptors (Lipinski definition) is 3. The van der Waals surface area contributed by atoms with Gasteiger partial charge in [-0.3, -0.25) is 0 Å². The summed E-state index contributed by atoms with van der Waals surface area (Å²) in [5.41, 5.74) is 2.27. The molecule has 0 bridgehead atoms. The summed E-state index contributed by atoms with van der Waals surface area (Å²) in [6.07, 6.45) is 3.95. The van der Waals surface area contributed by atoms with E-state index in [0.29, 0.717) is 13.2 Å². The lowest BCUT2D eigenvalue weighted by atomic mass is 9.94. The van der Waals surface area contributed by atoms with Gasteiger partial charge in [0.2, 0.25) is 0 Å². The Kier molecular flexibility index (Phi) is 8.58. The summed E-state index contributed by atoms with van der Waals surface area (Å²) >= 11 is 0. The van der Waals surface area contributed by atoms with E-state index in [1.165, 1.54) is 11.1 Å². The van der Waals surface area contributed by atoms with Gasteiger partial charge in [-0.1, -0.05) is 24.3 Å². The van der Waals surface area contributed by atoms with Crippen LogP contribution in [-0.2, 0) is 17.6 Å². The molecule has 0 spiro atoms. The van der Waals surface area contributed by atoms with Gasteiger partial charge in [0, 0.05) is 0 Å². The van der Waals surface area contributed by atoms with Crippen LogP contribution in [0, 0.1) is 0 Å². The first-order chi connectivity index (χ1) is 13.7. The van der Waals surface area contributed by atoms with Gasteiger partial charge in [0.05, 0.1) is 24.4 Å². The van der Waals surface area contributed by atoms with E-state index in [9.17, 15) is 0 Å². The first-order valence-electron chi connectivity index (χ1n) is 10.9. The molecule has 160 valence electrons. The normalized spacial score (nSPS) is 12.1. The molecule has 0 unspecified atom stereocenters. The molecule has 0 radical (unpaired) electrons. The highest BCUT2D eigenvalue weighted by Crippen LogP contribution is 2.29. The SMILES string of the molecule is CCOc1ccc(CCC(C)(C)OC(C)(C)CCc2ccc(OCC)cc2)cc1. The van der Waals surface area contributed by atoms with Crippen LogP contribution in [0.3, 0.4) is 0 Å². The van der Waals surface area contributed by atoms with Crippen LogP contribution in [-0.4, -0.2) is 24.4 Å². The third-order valence-corrected chi connectivity index (χ3v) is 5.05. The molecule has 0 aliphatic rings. The molecule has 0 atom stereocenters. The molecule has 0 fully saturated rings. The standard InChI is InChI=1S/C26H38O3/c1-7-27-23-13-9-21(10-14-23)17-19-25(3,4)29-26(5,6)20-18-22-11-15-24(16-12-22)28-8-2/h9-16H,7-8,17-20H2,1-6H3. The largest absolute Gasteiger partial charge is 0.494 e. The Labute approximate surface area is 177 Å². The molecular weight excluding hydrogens is 360 g/mol. The summed E-state index contributed by atoms with van der Waals surface area (Å²) in [4.78, 5) is 0. The summed E-state index contributed by atoms with van der Waals surface area (Å²) in [6, 6.07) is 16.8. The second-order valence-electron chi connectivity index (χ2n) is 8.78. The van der Waals surface area contributed by atoms with Gasteiger partial charge >= 0.3 is 0 Å². The second kappa shape index (κ2) is 10.7. The van der Waals surface area contributed by atoms with Crippen molar-refractivity contribution in [3.8, 4) is 11.5 Å². The highest BCUT2D eigenvalue weighted by molar-refractivity contribution is 5.28. The molecule has 2 aromatic carbocycles. The van der Waals surface area contributed by atoms with Crippen LogP contribution < -0.4 is 9.47 Å². The van der Waals surface area contributed by atoms with Crippen LogP contribution in [0.25, 0.3) is 0 Å². The maximum Gasteiger partial charge on any atom is 0.119 e. The van der Waals surface area contributed by atoms with Gasteiger partial charge in [-0.15, -0.1) is 0 Å². The van der Waals surface area contributed by atoms with Crippen molar-refractivity contribution in [2.24, 2.45) is 0 Å². The Morgan fingerprint density at radius 2 is 0.931 bits per heavy atom. The maximum atomic E-state index is 6.54. The highest BCUT2D eigenvalue weighted by atomic mass is 16.5. The Morgan fingerprint density at radius 1 is 0.586 bits per heavy atom. The van der Waals surface area contributed by atoms with E-state index in [-0.39, 0.29) is 11.2 Å². The van der Waals surface area contributed by atoms with E-state index in [2.05, 4.69) is 52.0 Å². The van der Waals surface area contributed by atoms with Gasteiger partial charge in [-0.25, -0.2) is 0 Å². The van der Waals surface area contributed by atoms with Crippen molar-refractivity contribution < 1.29 is 14.2 Å². The van der Waals surface area contributed by atoms with E-state index in [1.54, 1.807) is 0 Å². The van der Waals surface area contributed by atoms with E-state index in [0.717, 1.165) is 37.2 Å². The third-order valence-electron chi connectivity index (χ3n) is 5.05. The lowest BCUT2D eigenvalue weighted by molar-refractivity contribution is -0.128. The molecule has 2 rings (SSSR count). The minimum atomic E-state index is -0.180. The summed E-state index contributed by atoms with van der Waals surface area (Å²) < 4.78 is 17.6. The zero-order chi connectivity index (χ0) is 21.3. The quantitative estimate of drug-likeness (QED) is 0.402. The minimum Gasteiger partial charge on any atom is -0.494 e. The van der Waals surface area contributed by atoms with Crippen molar-refractivity contribution in [2.75, 3.05) is 13.2 Å². The zero-order valence-corrected chi connectivity index (χ0v) is 19.1. The number of benzene rings is 2. The molecule has 0 heterocycles. The van der Waals surface area contributed by atoms with Crippen molar-refractivity contribution in [3.05, 3.63) is 59.7 Å². The summed E-state index contributed by atoms with van der Waals surface area (Å²) in [6.45, 7) is 14.2. The Balaban J connectivity index is 1.83. The van der Waals surface area contributed by atoms with Crippen LogP contribution >= 0.6 is 0 Å². The summed E-state index contributed by atoms with van der Waals surface area (Å²) in [5.74, 6) is 1.87. The lowest BCUT2D eigenvalue weighted by Gasteiger charge is -2.36. The monoisotopic (exact) mass is 398 g/mol. The van der Waals surface area contributed by atoms with Crippen molar-refractivity contribution in [1.29, 1.82) is 0 Å². The molecule has 0 aliphatic carbocycles. The fourth-order valence-electron chi connectivity index (χ4n) is 3.58. The molecule has 0 aliphatic heterocycles. The van der Waals surface area contributed by atoms with Gasteiger partial charge < -0.3 is 14.2 Å². The summed E-state index contributed by atoms with van der Waals surface area (Å²) in [5, 5.41) is 0. The molecular formula is C26H38O3. The average Bonchev–Trinajstić information content (AvgIpc) is 2.67. The summed E-state index contributed by atoms with van der Waals surface area (Å²) in [7, 11) is 0. The first kappa shape index (κ1) is 23.3. The van der Waals surface area contributed by atoms with E-state index >= 15 is 0 Å². The predicted octanol–water partition coefficient (Wildman–Crippen LogP) is 6.62. The molecule has 29 heavy (non-hydrogen) atoms. The van der Waals surface area contributed by atoms with Crippen molar-refractivity contribution >= 4 is 0 Å². The van der Waals surface area contributed by atoms with Crippen LogP contribution in [0.15, 0.2) is 48.5 Å². The number of ether oxygens (including phenoxy) is 3. The zero-order valence-electron chi connectivity index (χ0n) is 19.1. The van der Waals surface area contributed by atoms with Gasteiger partial charge in [0.25, 0.3) is 0 Å². The van der Waals surface area contributed by atoms with Crippen LogP contribution in [0.4, 0.5) is 0 Å². The number of rotatable bonds is 12. The average molecular weight is 399 g/mol. The fraction of sp³-hybridized carbons (Fsp3) is 0.538. The third kappa shape index (κ3) is 8.49. The number of hydrogen-bond donors (Lipinski definition) is 0. The van der Waals surface area contributed by atoms with Gasteiger partial charge in [-0.05, 0) is 103 Å². The van der Waals surface area contributed by atoms with Gasteiger partial charge in [-0.2, -0.15) is 0 Å². The lowest BCUT2D eigenvalue weighted by Crippen LogP contribution is -2.37. The van der Waals surface area contributed by atoms with E-state index in [4.69, 9.17) is 14.2 Å². The minimum absolute atomic E-state index is 0.180. The van der Waals surface area contributed by atoms with Gasteiger partial charge in [0.15, 0.2) is 0 Å². The molecule has 0 amide bonds. The predicted molar refractivity (Wildman–Crippen MR) is 121 cm³/mol. The van der Waals surface area contributed by atoms with E-state index < -0.39 is 0 Å². The van der Waals surface area contributed by atoms with Gasteiger partial charge in [0.1, 0.15) is 11.5 Å². The Morgan fingerprint density at radius 3 is 1.24 bits per heavy atom. The molecule has 3 nitrogen and oxygen atoms in total. The Bertz CT molecular complexity index is 651. The fourth-order valence-corrected chi connectivity index (χ4v) is 3.58. The molecule has 0 N–H and O–H groups in total. The maximum absolute atomic E-state index is 6.54. The molecule has 3 heteroatoms. The van der Waals surface area contributed by atoms with E-state index in [1.807, 2.05) is 38.1 Å². The first-order valence-corrected chi connectivity index (χ1v) is 10.9.